The minimum absolute atomic E-state index is 0.0774. The second-order valence-electron chi connectivity index (χ2n) is 8.75. The number of halogens is 4. The molecule has 3 heterocycles. The summed E-state index contributed by atoms with van der Waals surface area (Å²) in [5.74, 6) is 0.688. The van der Waals surface area contributed by atoms with Crippen molar-refractivity contribution >= 4 is 23.3 Å². The van der Waals surface area contributed by atoms with Crippen molar-refractivity contribution in [1.29, 1.82) is 0 Å². The van der Waals surface area contributed by atoms with Crippen LogP contribution in [0.3, 0.4) is 0 Å². The van der Waals surface area contributed by atoms with Crippen LogP contribution in [0.15, 0.2) is 42.7 Å². The smallest absolute Gasteiger partial charge is 0.353 e. The fourth-order valence-corrected chi connectivity index (χ4v) is 4.42. The van der Waals surface area contributed by atoms with Crippen molar-refractivity contribution in [3.05, 3.63) is 70.1 Å². The summed E-state index contributed by atoms with van der Waals surface area (Å²) < 4.78 is 40.2. The van der Waals surface area contributed by atoms with Gasteiger partial charge in [0, 0.05) is 43.3 Å². The Hall–Kier alpha value is -3.07. The Balaban J connectivity index is 1.31. The maximum atomic E-state index is 13.4. The standard InChI is InChI=1S/C24H23ClF3N5O/c1-15-2-6-18(12-20(15)25)33-22(16-3-4-16)19(14-30-33)23(34)32-10-8-31(9-11-32)21-7-5-17(13-29-21)24(26,27)28/h2,5-7,12-14,16H,3-4,8-11H2,1H3. The molecule has 5 rings (SSSR count). The van der Waals surface area contributed by atoms with Gasteiger partial charge in [0.2, 0.25) is 0 Å². The van der Waals surface area contributed by atoms with Gasteiger partial charge in [-0.15, -0.1) is 0 Å². The molecule has 2 fully saturated rings. The molecule has 0 N–H and O–H groups in total. The van der Waals surface area contributed by atoms with E-state index < -0.39 is 11.7 Å². The van der Waals surface area contributed by atoms with Gasteiger partial charge in [-0.2, -0.15) is 18.3 Å². The SMILES string of the molecule is Cc1ccc(-n2ncc(C(=O)N3CCN(c4ccc(C(F)(F)F)cn4)CC3)c2C2CC2)cc1Cl. The first-order chi connectivity index (χ1) is 16.2. The third kappa shape index (κ3) is 4.36. The number of benzene rings is 1. The van der Waals surface area contributed by atoms with Gasteiger partial charge in [-0.1, -0.05) is 17.7 Å². The molecule has 2 aliphatic rings. The molecule has 178 valence electrons. The van der Waals surface area contributed by atoms with E-state index in [1.807, 2.05) is 34.7 Å². The Bertz CT molecular complexity index is 1210. The first kappa shape index (κ1) is 22.7. The van der Waals surface area contributed by atoms with Crippen LogP contribution in [-0.2, 0) is 6.18 Å². The number of pyridine rings is 1. The molecule has 3 aromatic rings. The molecule has 6 nitrogen and oxygen atoms in total. The molecule has 0 spiro atoms. The maximum absolute atomic E-state index is 13.4. The minimum atomic E-state index is -4.41. The summed E-state index contributed by atoms with van der Waals surface area (Å²) in [5.41, 5.74) is 2.54. The Morgan fingerprint density at radius 2 is 1.79 bits per heavy atom. The van der Waals surface area contributed by atoms with Crippen molar-refractivity contribution in [2.45, 2.75) is 31.9 Å². The van der Waals surface area contributed by atoms with Gasteiger partial charge < -0.3 is 9.80 Å². The number of aromatic nitrogens is 3. The number of hydrogen-bond donors (Lipinski definition) is 0. The summed E-state index contributed by atoms with van der Waals surface area (Å²) in [5, 5.41) is 5.17. The monoisotopic (exact) mass is 489 g/mol. The van der Waals surface area contributed by atoms with E-state index >= 15 is 0 Å². The average Bonchev–Trinajstić information content (AvgIpc) is 3.58. The second-order valence-corrected chi connectivity index (χ2v) is 9.15. The number of carbonyl (C=O) groups is 1. The summed E-state index contributed by atoms with van der Waals surface area (Å²) in [7, 11) is 0. The summed E-state index contributed by atoms with van der Waals surface area (Å²) in [6.45, 7) is 3.82. The molecule has 0 unspecified atom stereocenters. The lowest BCUT2D eigenvalue weighted by Gasteiger charge is -2.35. The van der Waals surface area contributed by atoms with Crippen LogP contribution in [0.25, 0.3) is 5.69 Å². The largest absolute Gasteiger partial charge is 0.417 e. The van der Waals surface area contributed by atoms with Crippen molar-refractivity contribution in [3.63, 3.8) is 0 Å². The van der Waals surface area contributed by atoms with Crippen LogP contribution < -0.4 is 4.90 Å². The van der Waals surface area contributed by atoms with Crippen molar-refractivity contribution < 1.29 is 18.0 Å². The van der Waals surface area contributed by atoms with Crippen LogP contribution in [0.5, 0.6) is 0 Å². The Morgan fingerprint density at radius 1 is 1.06 bits per heavy atom. The molecule has 1 aliphatic heterocycles. The second kappa shape index (κ2) is 8.61. The van der Waals surface area contributed by atoms with Gasteiger partial charge in [-0.05, 0) is 49.6 Å². The van der Waals surface area contributed by atoms with Crippen LogP contribution >= 0.6 is 11.6 Å². The molecule has 0 atom stereocenters. The molecular formula is C24H23ClF3N5O. The number of aryl methyl sites for hydroxylation is 1. The Kier molecular flexibility index (Phi) is 5.75. The third-order valence-electron chi connectivity index (χ3n) is 6.37. The number of amides is 1. The molecule has 10 heteroatoms. The van der Waals surface area contributed by atoms with Crippen LogP contribution in [0.2, 0.25) is 5.02 Å². The number of anilines is 1. The predicted molar refractivity (Wildman–Crippen MR) is 123 cm³/mol. The lowest BCUT2D eigenvalue weighted by molar-refractivity contribution is -0.137. The Morgan fingerprint density at radius 3 is 2.38 bits per heavy atom. The Labute approximate surface area is 199 Å². The van der Waals surface area contributed by atoms with Gasteiger partial charge in [0.15, 0.2) is 0 Å². The lowest BCUT2D eigenvalue weighted by Crippen LogP contribution is -2.49. The minimum Gasteiger partial charge on any atom is -0.353 e. The average molecular weight is 490 g/mol. The predicted octanol–water partition coefficient (Wildman–Crippen LogP) is 5.09. The van der Waals surface area contributed by atoms with Crippen LogP contribution in [-0.4, -0.2) is 51.8 Å². The molecule has 1 saturated carbocycles. The lowest BCUT2D eigenvalue weighted by atomic mass is 10.1. The first-order valence-corrected chi connectivity index (χ1v) is 11.5. The zero-order valence-electron chi connectivity index (χ0n) is 18.5. The molecule has 1 amide bonds. The van der Waals surface area contributed by atoms with E-state index in [2.05, 4.69) is 10.1 Å². The number of rotatable bonds is 4. The number of nitrogens with zero attached hydrogens (tertiary/aromatic N) is 5. The molecule has 0 bridgehead atoms. The van der Waals surface area contributed by atoms with Crippen LogP contribution in [0.1, 0.15) is 45.9 Å². The van der Waals surface area contributed by atoms with Gasteiger partial charge in [0.25, 0.3) is 5.91 Å². The third-order valence-corrected chi connectivity index (χ3v) is 6.77. The van der Waals surface area contributed by atoms with E-state index in [-0.39, 0.29) is 5.91 Å². The van der Waals surface area contributed by atoms with Crippen molar-refractivity contribution in [3.8, 4) is 5.69 Å². The highest BCUT2D eigenvalue weighted by atomic mass is 35.5. The molecule has 1 saturated heterocycles. The van der Waals surface area contributed by atoms with E-state index in [4.69, 9.17) is 11.6 Å². The first-order valence-electron chi connectivity index (χ1n) is 11.1. The number of piperazine rings is 1. The van der Waals surface area contributed by atoms with Gasteiger partial charge >= 0.3 is 6.18 Å². The summed E-state index contributed by atoms with van der Waals surface area (Å²) in [6.07, 6.45) is 0.0934. The molecule has 0 radical (unpaired) electrons. The van der Waals surface area contributed by atoms with Crippen molar-refractivity contribution in [1.82, 2.24) is 19.7 Å². The zero-order chi connectivity index (χ0) is 24.0. The molecule has 1 aliphatic carbocycles. The highest BCUT2D eigenvalue weighted by molar-refractivity contribution is 6.31. The molecule has 34 heavy (non-hydrogen) atoms. The van der Waals surface area contributed by atoms with E-state index in [9.17, 15) is 18.0 Å². The van der Waals surface area contributed by atoms with Crippen molar-refractivity contribution in [2.75, 3.05) is 31.1 Å². The number of hydrogen-bond acceptors (Lipinski definition) is 4. The van der Waals surface area contributed by atoms with Crippen molar-refractivity contribution in [2.24, 2.45) is 0 Å². The molecule has 1 aromatic carbocycles. The summed E-state index contributed by atoms with van der Waals surface area (Å²) in [4.78, 5) is 21.0. The van der Waals surface area contributed by atoms with Crippen LogP contribution in [0, 0.1) is 6.92 Å². The highest BCUT2D eigenvalue weighted by Gasteiger charge is 2.35. The number of alkyl halides is 3. The highest BCUT2D eigenvalue weighted by Crippen LogP contribution is 2.43. The quantitative estimate of drug-likeness (QED) is 0.512. The normalized spacial score (nSPS) is 16.7. The fraction of sp³-hybridized carbons (Fsp3) is 0.375. The van der Waals surface area contributed by atoms with Gasteiger partial charge in [-0.25, -0.2) is 9.67 Å². The van der Waals surface area contributed by atoms with Crippen LogP contribution in [0.4, 0.5) is 19.0 Å². The zero-order valence-corrected chi connectivity index (χ0v) is 19.3. The van der Waals surface area contributed by atoms with Gasteiger partial charge in [0.1, 0.15) is 5.82 Å². The number of carbonyl (C=O) groups excluding carboxylic acids is 1. The van der Waals surface area contributed by atoms with E-state index in [0.29, 0.717) is 48.5 Å². The van der Waals surface area contributed by atoms with E-state index in [1.54, 1.807) is 11.1 Å². The summed E-state index contributed by atoms with van der Waals surface area (Å²) in [6, 6.07) is 8.16. The van der Waals surface area contributed by atoms with Gasteiger partial charge in [0.05, 0.1) is 28.7 Å². The molecular weight excluding hydrogens is 467 g/mol. The van der Waals surface area contributed by atoms with E-state index in [1.165, 1.54) is 6.07 Å². The maximum Gasteiger partial charge on any atom is 0.417 e. The fourth-order valence-electron chi connectivity index (χ4n) is 4.24. The van der Waals surface area contributed by atoms with Gasteiger partial charge in [-0.3, -0.25) is 4.79 Å². The topological polar surface area (TPSA) is 54.3 Å². The summed E-state index contributed by atoms with van der Waals surface area (Å²) >= 11 is 6.32. The van der Waals surface area contributed by atoms with E-state index in [0.717, 1.165) is 42.0 Å². The molecule has 2 aromatic heterocycles.